The number of carbonyl (C=O) groups excluding carboxylic acids is 1. The summed E-state index contributed by atoms with van der Waals surface area (Å²) in [5.41, 5.74) is 3.06. The molecule has 7 nitrogen and oxygen atoms in total. The zero-order valence-electron chi connectivity index (χ0n) is 17.1. The van der Waals surface area contributed by atoms with Crippen LogP contribution in [0.15, 0.2) is 43.0 Å². The second-order valence-corrected chi connectivity index (χ2v) is 8.15. The minimum Gasteiger partial charge on any atom is -0.368 e. The number of imidazole rings is 2. The first-order valence-corrected chi connectivity index (χ1v) is 10.1. The lowest BCUT2D eigenvalue weighted by atomic mass is 10.1. The third-order valence-electron chi connectivity index (χ3n) is 5.53. The highest BCUT2D eigenvalue weighted by atomic mass is 19.1. The lowest BCUT2D eigenvalue weighted by Gasteiger charge is -2.37. The molecule has 0 aliphatic carbocycles. The molecule has 0 unspecified atom stereocenters. The van der Waals surface area contributed by atoms with Crippen LogP contribution in [0, 0.1) is 12.7 Å². The first-order valence-electron chi connectivity index (χ1n) is 10.1. The van der Waals surface area contributed by atoms with Gasteiger partial charge < -0.3 is 14.6 Å². The molecule has 1 aliphatic rings. The van der Waals surface area contributed by atoms with Gasteiger partial charge >= 0.3 is 0 Å². The summed E-state index contributed by atoms with van der Waals surface area (Å²) in [5, 5.41) is 3.53. The number of fused-ring (bicyclic) bond motifs is 2. The van der Waals surface area contributed by atoms with E-state index >= 15 is 0 Å². The van der Waals surface area contributed by atoms with Gasteiger partial charge in [0, 0.05) is 55.0 Å². The molecule has 5 rings (SSSR count). The molecule has 0 radical (unpaired) electrons. The second-order valence-electron chi connectivity index (χ2n) is 8.15. The van der Waals surface area contributed by atoms with Gasteiger partial charge in [0.2, 0.25) is 5.78 Å². The Morgan fingerprint density at radius 1 is 1.20 bits per heavy atom. The smallest absolute Gasteiger partial charge is 0.230 e. The van der Waals surface area contributed by atoms with Gasteiger partial charge in [0.15, 0.2) is 17.3 Å². The summed E-state index contributed by atoms with van der Waals surface area (Å²) >= 11 is 0. The molecular weight excluding hydrogens is 383 g/mol. The Hall–Kier alpha value is -3.26. The molecule has 154 valence electrons. The standard InChI is InChI=1S/C22H23FN6O/c1-13-9-27(10-14(2)25-13)17-4-5-29-18(7-17)8-24-22(29)20(30)16-6-19(23)21-26-15(3)11-28(21)12-16/h4-8,11-14,25H,9-10H2,1-3H3/t13-,14-/m1/s1. The van der Waals surface area contributed by atoms with Crippen LogP contribution in [0.4, 0.5) is 10.1 Å². The highest BCUT2D eigenvalue weighted by Crippen LogP contribution is 2.22. The molecule has 4 aromatic heterocycles. The molecule has 1 N–H and O–H groups in total. The number of hydrogen-bond acceptors (Lipinski definition) is 5. The Kier molecular flexibility index (Phi) is 4.32. The van der Waals surface area contributed by atoms with Crippen LogP contribution in [0.2, 0.25) is 0 Å². The van der Waals surface area contributed by atoms with Crippen molar-refractivity contribution in [3.05, 3.63) is 65.9 Å². The molecule has 0 spiro atoms. The van der Waals surface area contributed by atoms with Crippen LogP contribution in [-0.4, -0.2) is 49.7 Å². The number of ketones is 1. The number of rotatable bonds is 3. The molecule has 2 atom stereocenters. The van der Waals surface area contributed by atoms with Gasteiger partial charge in [-0.15, -0.1) is 0 Å². The van der Waals surface area contributed by atoms with Gasteiger partial charge in [0.25, 0.3) is 0 Å². The number of pyridine rings is 2. The number of aromatic nitrogens is 4. The third kappa shape index (κ3) is 3.13. The zero-order valence-corrected chi connectivity index (χ0v) is 17.1. The van der Waals surface area contributed by atoms with Gasteiger partial charge in [0.1, 0.15) is 0 Å². The van der Waals surface area contributed by atoms with Gasteiger partial charge in [-0.2, -0.15) is 0 Å². The van der Waals surface area contributed by atoms with Crippen LogP contribution in [0.5, 0.6) is 0 Å². The van der Waals surface area contributed by atoms with Gasteiger partial charge in [-0.25, -0.2) is 14.4 Å². The molecule has 1 fully saturated rings. The van der Waals surface area contributed by atoms with E-state index in [2.05, 4.69) is 34.0 Å². The van der Waals surface area contributed by atoms with Crippen molar-refractivity contribution in [2.24, 2.45) is 0 Å². The number of anilines is 1. The van der Waals surface area contributed by atoms with Crippen LogP contribution in [0.3, 0.4) is 0 Å². The van der Waals surface area contributed by atoms with Crippen molar-refractivity contribution in [2.75, 3.05) is 18.0 Å². The largest absolute Gasteiger partial charge is 0.368 e. The van der Waals surface area contributed by atoms with E-state index in [0.717, 1.165) is 24.3 Å². The summed E-state index contributed by atoms with van der Waals surface area (Å²) < 4.78 is 17.7. The van der Waals surface area contributed by atoms with Crippen LogP contribution >= 0.6 is 0 Å². The van der Waals surface area contributed by atoms with E-state index in [1.165, 1.54) is 6.07 Å². The lowest BCUT2D eigenvalue weighted by molar-refractivity contribution is 0.102. The predicted octanol–water partition coefficient (Wildman–Crippen LogP) is 2.85. The topological polar surface area (TPSA) is 66.9 Å². The molecule has 0 bridgehead atoms. The average molecular weight is 406 g/mol. The highest BCUT2D eigenvalue weighted by molar-refractivity contribution is 6.07. The first kappa shape index (κ1) is 18.7. The van der Waals surface area contributed by atoms with Crippen LogP contribution in [0.1, 0.15) is 35.7 Å². The molecule has 1 saturated heterocycles. The van der Waals surface area contributed by atoms with Gasteiger partial charge in [-0.05, 0) is 39.0 Å². The van der Waals surface area contributed by atoms with Crippen molar-refractivity contribution >= 4 is 22.6 Å². The second kappa shape index (κ2) is 6.91. The maximum Gasteiger partial charge on any atom is 0.230 e. The molecule has 4 aromatic rings. The summed E-state index contributed by atoms with van der Waals surface area (Å²) in [5.74, 6) is -0.604. The van der Waals surface area contributed by atoms with Crippen molar-refractivity contribution in [3.8, 4) is 0 Å². The summed E-state index contributed by atoms with van der Waals surface area (Å²) in [6, 6.07) is 6.08. The van der Waals surface area contributed by atoms with E-state index in [4.69, 9.17) is 0 Å². The Morgan fingerprint density at radius 3 is 2.73 bits per heavy atom. The number of aryl methyl sites for hydroxylation is 1. The monoisotopic (exact) mass is 406 g/mol. The summed E-state index contributed by atoms with van der Waals surface area (Å²) in [6.07, 6.45) is 6.83. The lowest BCUT2D eigenvalue weighted by Crippen LogP contribution is -2.54. The zero-order chi connectivity index (χ0) is 21.0. The fraction of sp³-hybridized carbons (Fsp3) is 0.318. The highest BCUT2D eigenvalue weighted by Gasteiger charge is 2.23. The van der Waals surface area contributed by atoms with Crippen molar-refractivity contribution in [1.29, 1.82) is 0 Å². The first-order chi connectivity index (χ1) is 14.4. The number of nitrogens with zero attached hydrogens (tertiary/aromatic N) is 5. The minimum atomic E-state index is -0.529. The SMILES string of the molecule is Cc1cn2cc(C(=O)c3ncc4cc(N5C[C@@H](C)N[C@H](C)C5)ccn34)cc(F)c2n1. The molecule has 0 amide bonds. The van der Waals surface area contributed by atoms with E-state index in [0.29, 0.717) is 17.8 Å². The van der Waals surface area contributed by atoms with E-state index < -0.39 is 5.82 Å². The molecule has 1 aliphatic heterocycles. The molecular formula is C22H23FN6O. The van der Waals surface area contributed by atoms with Crippen molar-refractivity contribution < 1.29 is 9.18 Å². The molecule has 0 saturated carbocycles. The molecule has 8 heteroatoms. The van der Waals surface area contributed by atoms with E-state index in [-0.39, 0.29) is 22.8 Å². The van der Waals surface area contributed by atoms with E-state index in [1.807, 2.05) is 18.3 Å². The van der Waals surface area contributed by atoms with E-state index in [9.17, 15) is 9.18 Å². The number of nitrogens with one attached hydrogen (secondary N) is 1. The summed E-state index contributed by atoms with van der Waals surface area (Å²) in [6.45, 7) is 7.98. The van der Waals surface area contributed by atoms with Crippen LogP contribution in [0.25, 0.3) is 11.2 Å². The van der Waals surface area contributed by atoms with E-state index in [1.54, 1.807) is 34.3 Å². The number of piperazine rings is 1. The Bertz CT molecular complexity index is 1270. The Labute approximate surface area is 173 Å². The fourth-order valence-electron chi connectivity index (χ4n) is 4.32. The number of halogens is 1. The maximum atomic E-state index is 14.4. The van der Waals surface area contributed by atoms with Crippen LogP contribution < -0.4 is 10.2 Å². The Balaban J connectivity index is 1.50. The molecule has 30 heavy (non-hydrogen) atoms. The maximum absolute atomic E-state index is 14.4. The van der Waals surface area contributed by atoms with Crippen molar-refractivity contribution in [2.45, 2.75) is 32.9 Å². The minimum absolute atomic E-state index is 0.209. The van der Waals surface area contributed by atoms with Crippen molar-refractivity contribution in [1.82, 2.24) is 24.1 Å². The van der Waals surface area contributed by atoms with Gasteiger partial charge in [-0.3, -0.25) is 9.20 Å². The number of hydrogen-bond donors (Lipinski definition) is 1. The quantitative estimate of drug-likeness (QED) is 0.530. The normalized spacial score (nSPS) is 19.7. The molecule has 5 heterocycles. The van der Waals surface area contributed by atoms with Crippen LogP contribution in [-0.2, 0) is 0 Å². The third-order valence-corrected chi connectivity index (χ3v) is 5.53. The molecule has 0 aromatic carbocycles. The number of carbonyl (C=O) groups is 1. The average Bonchev–Trinajstić information content (AvgIpc) is 3.29. The summed E-state index contributed by atoms with van der Waals surface area (Å²) in [7, 11) is 0. The predicted molar refractivity (Wildman–Crippen MR) is 113 cm³/mol. The Morgan fingerprint density at radius 2 is 1.97 bits per heavy atom. The van der Waals surface area contributed by atoms with Gasteiger partial charge in [-0.1, -0.05) is 0 Å². The summed E-state index contributed by atoms with van der Waals surface area (Å²) in [4.78, 5) is 23.9. The van der Waals surface area contributed by atoms with Gasteiger partial charge in [0.05, 0.1) is 17.4 Å². The fourth-order valence-corrected chi connectivity index (χ4v) is 4.32. The van der Waals surface area contributed by atoms with Crippen molar-refractivity contribution in [3.63, 3.8) is 0 Å².